The number of hydrogen-bond acceptors (Lipinski definition) is 2. The van der Waals surface area contributed by atoms with E-state index in [4.69, 9.17) is 5.26 Å². The molecule has 0 unspecified atom stereocenters. The fourth-order valence-corrected chi connectivity index (χ4v) is 2.60. The molecule has 0 atom stereocenters. The third-order valence-corrected chi connectivity index (χ3v) is 3.66. The standard InChI is InChI=1S/C16H15BrN2/c1-3-19(14-7-4-12(2)5-8-14)16-9-6-13(11-18)10-15(16)17/h4-10H,3H2,1-2H3. The lowest BCUT2D eigenvalue weighted by Crippen LogP contribution is -2.16. The van der Waals surface area contributed by atoms with Crippen molar-refractivity contribution in [1.29, 1.82) is 5.26 Å². The van der Waals surface area contributed by atoms with E-state index in [0.717, 1.165) is 22.4 Å². The number of nitrogens with zero attached hydrogens (tertiary/aromatic N) is 2. The summed E-state index contributed by atoms with van der Waals surface area (Å²) in [5.74, 6) is 0. The summed E-state index contributed by atoms with van der Waals surface area (Å²) in [4.78, 5) is 2.21. The van der Waals surface area contributed by atoms with E-state index in [1.807, 2.05) is 18.2 Å². The molecular formula is C16H15BrN2. The molecule has 3 heteroatoms. The lowest BCUT2D eigenvalue weighted by molar-refractivity contribution is 1.02. The zero-order chi connectivity index (χ0) is 13.8. The average Bonchev–Trinajstić information content (AvgIpc) is 2.43. The molecular weight excluding hydrogens is 300 g/mol. The third kappa shape index (κ3) is 2.97. The van der Waals surface area contributed by atoms with Crippen molar-refractivity contribution in [1.82, 2.24) is 0 Å². The number of benzene rings is 2. The molecule has 0 saturated carbocycles. The van der Waals surface area contributed by atoms with Gasteiger partial charge >= 0.3 is 0 Å². The highest BCUT2D eigenvalue weighted by molar-refractivity contribution is 9.10. The highest BCUT2D eigenvalue weighted by atomic mass is 79.9. The Morgan fingerprint density at radius 2 is 1.84 bits per heavy atom. The fourth-order valence-electron chi connectivity index (χ4n) is 2.01. The van der Waals surface area contributed by atoms with Crippen LogP contribution in [0.15, 0.2) is 46.9 Å². The first-order valence-electron chi connectivity index (χ1n) is 6.19. The molecule has 0 aliphatic heterocycles. The van der Waals surface area contributed by atoms with E-state index < -0.39 is 0 Å². The zero-order valence-corrected chi connectivity index (χ0v) is 12.6. The van der Waals surface area contributed by atoms with Crippen molar-refractivity contribution in [3.05, 3.63) is 58.1 Å². The largest absolute Gasteiger partial charge is 0.341 e. The van der Waals surface area contributed by atoms with Crippen molar-refractivity contribution in [2.45, 2.75) is 13.8 Å². The molecule has 0 aromatic heterocycles. The highest BCUT2D eigenvalue weighted by Crippen LogP contribution is 2.32. The van der Waals surface area contributed by atoms with Crippen LogP contribution in [0.2, 0.25) is 0 Å². The molecule has 96 valence electrons. The average molecular weight is 315 g/mol. The molecule has 2 nitrogen and oxygen atoms in total. The number of anilines is 2. The lowest BCUT2D eigenvalue weighted by Gasteiger charge is -2.24. The Morgan fingerprint density at radius 3 is 2.37 bits per heavy atom. The first kappa shape index (κ1) is 13.6. The molecule has 0 N–H and O–H groups in total. The maximum Gasteiger partial charge on any atom is 0.0992 e. The number of hydrogen-bond donors (Lipinski definition) is 0. The minimum atomic E-state index is 0.663. The van der Waals surface area contributed by atoms with Gasteiger partial charge in [-0.2, -0.15) is 5.26 Å². The monoisotopic (exact) mass is 314 g/mol. The van der Waals surface area contributed by atoms with Gasteiger partial charge in [-0.25, -0.2) is 0 Å². The van der Waals surface area contributed by atoms with Crippen LogP contribution in [0.4, 0.5) is 11.4 Å². The number of nitriles is 1. The van der Waals surface area contributed by atoms with Gasteiger partial charge < -0.3 is 4.90 Å². The van der Waals surface area contributed by atoms with Gasteiger partial charge in [0.05, 0.1) is 17.3 Å². The maximum atomic E-state index is 8.91. The van der Waals surface area contributed by atoms with Crippen LogP contribution in [0.1, 0.15) is 18.1 Å². The molecule has 2 aromatic rings. The third-order valence-electron chi connectivity index (χ3n) is 3.03. The van der Waals surface area contributed by atoms with Crippen LogP contribution in [-0.2, 0) is 0 Å². The maximum absolute atomic E-state index is 8.91. The summed E-state index contributed by atoms with van der Waals surface area (Å²) in [6.45, 7) is 5.07. The predicted molar refractivity (Wildman–Crippen MR) is 82.7 cm³/mol. The summed E-state index contributed by atoms with van der Waals surface area (Å²) in [5, 5.41) is 8.91. The van der Waals surface area contributed by atoms with Crippen LogP contribution in [0.5, 0.6) is 0 Å². The molecule has 0 aliphatic rings. The van der Waals surface area contributed by atoms with Crippen molar-refractivity contribution in [2.75, 3.05) is 11.4 Å². The molecule has 0 aliphatic carbocycles. The molecule has 19 heavy (non-hydrogen) atoms. The van der Waals surface area contributed by atoms with Gasteiger partial charge in [-0.05, 0) is 60.1 Å². The fraction of sp³-hybridized carbons (Fsp3) is 0.188. The second-order valence-electron chi connectivity index (χ2n) is 4.36. The molecule has 0 saturated heterocycles. The Balaban J connectivity index is 2.42. The normalized spacial score (nSPS) is 10.0. The topological polar surface area (TPSA) is 27.0 Å². The van der Waals surface area contributed by atoms with E-state index in [1.165, 1.54) is 5.56 Å². The van der Waals surface area contributed by atoms with Gasteiger partial charge in [0, 0.05) is 16.7 Å². The van der Waals surface area contributed by atoms with Crippen LogP contribution in [0, 0.1) is 18.3 Å². The van der Waals surface area contributed by atoms with Gasteiger partial charge in [-0.3, -0.25) is 0 Å². The summed E-state index contributed by atoms with van der Waals surface area (Å²) >= 11 is 3.55. The highest BCUT2D eigenvalue weighted by Gasteiger charge is 2.11. The predicted octanol–water partition coefficient (Wildman–Crippen LogP) is 4.79. The van der Waals surface area contributed by atoms with Gasteiger partial charge in [0.1, 0.15) is 0 Å². The molecule has 0 spiro atoms. The van der Waals surface area contributed by atoms with Gasteiger partial charge in [0.2, 0.25) is 0 Å². The van der Waals surface area contributed by atoms with Crippen LogP contribution < -0.4 is 4.90 Å². The van der Waals surface area contributed by atoms with Crippen LogP contribution in [0.3, 0.4) is 0 Å². The van der Waals surface area contributed by atoms with Crippen molar-refractivity contribution in [2.24, 2.45) is 0 Å². The van der Waals surface area contributed by atoms with E-state index in [1.54, 1.807) is 0 Å². The number of halogens is 1. The van der Waals surface area contributed by atoms with Crippen molar-refractivity contribution >= 4 is 27.3 Å². The summed E-state index contributed by atoms with van der Waals surface area (Å²) < 4.78 is 0.939. The Kier molecular flexibility index (Phi) is 4.24. The molecule has 0 radical (unpaired) electrons. The van der Waals surface area contributed by atoms with Crippen molar-refractivity contribution in [3.63, 3.8) is 0 Å². The lowest BCUT2D eigenvalue weighted by atomic mass is 10.1. The van der Waals surface area contributed by atoms with Crippen molar-refractivity contribution in [3.8, 4) is 6.07 Å². The minimum Gasteiger partial charge on any atom is -0.341 e. The SMILES string of the molecule is CCN(c1ccc(C)cc1)c1ccc(C#N)cc1Br. The molecule has 2 aromatic carbocycles. The summed E-state index contributed by atoms with van der Waals surface area (Å²) in [5.41, 5.74) is 4.14. The molecule has 2 rings (SSSR count). The van der Waals surface area contributed by atoms with Gasteiger partial charge in [-0.1, -0.05) is 17.7 Å². The first-order valence-corrected chi connectivity index (χ1v) is 6.99. The van der Waals surface area contributed by atoms with Crippen molar-refractivity contribution < 1.29 is 0 Å². The molecule has 0 bridgehead atoms. The van der Waals surface area contributed by atoms with E-state index in [9.17, 15) is 0 Å². The Bertz CT molecular complexity index is 612. The molecule has 0 amide bonds. The van der Waals surface area contributed by atoms with E-state index in [-0.39, 0.29) is 0 Å². The van der Waals surface area contributed by atoms with Gasteiger partial charge in [0.15, 0.2) is 0 Å². The van der Waals surface area contributed by atoms with E-state index >= 15 is 0 Å². The first-order chi connectivity index (χ1) is 9.15. The number of aryl methyl sites for hydroxylation is 1. The summed E-state index contributed by atoms with van der Waals surface area (Å²) in [6, 6.07) is 16.3. The van der Waals surface area contributed by atoms with Crippen LogP contribution >= 0.6 is 15.9 Å². The quantitative estimate of drug-likeness (QED) is 0.814. The van der Waals surface area contributed by atoms with E-state index in [0.29, 0.717) is 5.56 Å². The van der Waals surface area contributed by atoms with Gasteiger partial charge in [0.25, 0.3) is 0 Å². The van der Waals surface area contributed by atoms with E-state index in [2.05, 4.69) is 65.0 Å². The van der Waals surface area contributed by atoms with Crippen LogP contribution in [0.25, 0.3) is 0 Å². The molecule has 0 fully saturated rings. The van der Waals surface area contributed by atoms with Crippen LogP contribution in [-0.4, -0.2) is 6.54 Å². The van der Waals surface area contributed by atoms with Gasteiger partial charge in [-0.15, -0.1) is 0 Å². The Morgan fingerprint density at radius 1 is 1.16 bits per heavy atom. The second-order valence-corrected chi connectivity index (χ2v) is 5.21. The second kappa shape index (κ2) is 5.90. The minimum absolute atomic E-state index is 0.663. The summed E-state index contributed by atoms with van der Waals surface area (Å²) in [7, 11) is 0. The summed E-state index contributed by atoms with van der Waals surface area (Å²) in [6.07, 6.45) is 0. The molecule has 0 heterocycles. The Hall–Kier alpha value is -1.79. The smallest absolute Gasteiger partial charge is 0.0992 e. The number of rotatable bonds is 3. The zero-order valence-electron chi connectivity index (χ0n) is 11.0. The Labute approximate surface area is 122 Å².